The molecule has 0 saturated heterocycles. The molecule has 10 nitrogen and oxygen atoms in total. The van der Waals surface area contributed by atoms with Gasteiger partial charge in [0.05, 0.1) is 12.1 Å². The SMILES string of the molecule is c1ccc2c(c1)c1nc3nonc3nc1n2Cc1nn[nH]n1. The number of H-pyrrole nitrogens is 1. The van der Waals surface area contributed by atoms with E-state index in [0.717, 1.165) is 16.4 Å². The summed E-state index contributed by atoms with van der Waals surface area (Å²) in [4.78, 5) is 9.00. The van der Waals surface area contributed by atoms with Crippen molar-refractivity contribution in [1.82, 2.24) is 45.5 Å². The van der Waals surface area contributed by atoms with E-state index in [0.29, 0.717) is 29.3 Å². The molecule has 0 atom stereocenters. The third-order valence-corrected chi connectivity index (χ3v) is 3.49. The Hall–Kier alpha value is -3.43. The Kier molecular flexibility index (Phi) is 2.06. The van der Waals surface area contributed by atoms with E-state index < -0.39 is 0 Å². The maximum atomic E-state index is 4.69. The standard InChI is InChI=1S/C12H7N9O/c1-2-4-7-6(3-1)9-12(14-11-10(13-9)17-22-18-11)21(7)5-8-15-19-20-16-8/h1-4H,5H2,(H,15,16,19,20). The van der Waals surface area contributed by atoms with Gasteiger partial charge in [-0.1, -0.05) is 23.4 Å². The number of rotatable bonds is 2. The van der Waals surface area contributed by atoms with Crippen molar-refractivity contribution in [3.05, 3.63) is 30.1 Å². The molecular weight excluding hydrogens is 286 g/mol. The fourth-order valence-electron chi connectivity index (χ4n) is 2.57. The third-order valence-electron chi connectivity index (χ3n) is 3.49. The van der Waals surface area contributed by atoms with Crippen molar-refractivity contribution in [3.8, 4) is 0 Å². The van der Waals surface area contributed by atoms with Gasteiger partial charge < -0.3 is 4.57 Å². The number of hydrogen-bond donors (Lipinski definition) is 1. The van der Waals surface area contributed by atoms with Crippen molar-refractivity contribution in [1.29, 1.82) is 0 Å². The minimum atomic E-state index is 0.365. The van der Waals surface area contributed by atoms with Gasteiger partial charge in [-0.15, -0.1) is 10.2 Å². The van der Waals surface area contributed by atoms with Gasteiger partial charge in [0, 0.05) is 5.39 Å². The molecule has 22 heavy (non-hydrogen) atoms. The van der Waals surface area contributed by atoms with E-state index in [4.69, 9.17) is 0 Å². The average Bonchev–Trinajstić information content (AvgIpc) is 3.27. The van der Waals surface area contributed by atoms with Crippen LogP contribution < -0.4 is 0 Å². The van der Waals surface area contributed by atoms with Crippen LogP contribution in [0.4, 0.5) is 0 Å². The number of hydrogen-bond acceptors (Lipinski definition) is 8. The second-order valence-electron chi connectivity index (χ2n) is 4.74. The molecule has 0 unspecified atom stereocenters. The molecule has 0 saturated carbocycles. The molecule has 0 aliphatic carbocycles. The monoisotopic (exact) mass is 293 g/mol. The Bertz CT molecular complexity index is 1110. The van der Waals surface area contributed by atoms with E-state index >= 15 is 0 Å². The Morgan fingerprint density at radius 2 is 1.95 bits per heavy atom. The number of aromatic nitrogens is 9. The van der Waals surface area contributed by atoms with Crippen LogP contribution >= 0.6 is 0 Å². The number of aromatic amines is 1. The topological polar surface area (TPSA) is 124 Å². The van der Waals surface area contributed by atoms with Crippen molar-refractivity contribution in [2.24, 2.45) is 0 Å². The van der Waals surface area contributed by atoms with Gasteiger partial charge in [-0.05, 0) is 16.4 Å². The molecule has 0 fully saturated rings. The largest absolute Gasteiger partial charge is 0.316 e. The molecule has 10 heteroatoms. The maximum Gasteiger partial charge on any atom is 0.245 e. The molecule has 0 bridgehead atoms. The summed E-state index contributed by atoms with van der Waals surface area (Å²) < 4.78 is 6.66. The Morgan fingerprint density at radius 1 is 1.09 bits per heavy atom. The zero-order chi connectivity index (χ0) is 14.5. The number of tetrazole rings is 1. The Morgan fingerprint density at radius 3 is 2.82 bits per heavy atom. The summed E-state index contributed by atoms with van der Waals surface area (Å²) in [5.41, 5.74) is 3.14. The molecular formula is C12H7N9O. The van der Waals surface area contributed by atoms with Gasteiger partial charge >= 0.3 is 0 Å². The number of nitrogens with one attached hydrogen (secondary N) is 1. The van der Waals surface area contributed by atoms with Gasteiger partial charge in [-0.3, -0.25) is 0 Å². The number of benzene rings is 1. The summed E-state index contributed by atoms with van der Waals surface area (Å²) in [6, 6.07) is 7.89. The van der Waals surface area contributed by atoms with Crippen molar-refractivity contribution < 1.29 is 4.63 Å². The Labute approximate surface area is 121 Å². The van der Waals surface area contributed by atoms with Gasteiger partial charge in [0.15, 0.2) is 11.5 Å². The second-order valence-corrected chi connectivity index (χ2v) is 4.74. The Balaban J connectivity index is 1.90. The van der Waals surface area contributed by atoms with E-state index in [2.05, 4.69) is 45.5 Å². The molecule has 4 heterocycles. The van der Waals surface area contributed by atoms with E-state index in [1.165, 1.54) is 0 Å². The first-order chi connectivity index (χ1) is 10.9. The molecule has 1 N–H and O–H groups in total. The molecule has 4 aromatic heterocycles. The van der Waals surface area contributed by atoms with Crippen LogP contribution in [-0.4, -0.2) is 45.5 Å². The summed E-state index contributed by atoms with van der Waals surface area (Å²) in [5.74, 6) is 0.558. The second kappa shape index (κ2) is 4.04. The quantitative estimate of drug-likeness (QED) is 0.504. The summed E-state index contributed by atoms with van der Waals surface area (Å²) in [6.45, 7) is 0.423. The summed E-state index contributed by atoms with van der Waals surface area (Å²) in [5, 5.41) is 22.5. The van der Waals surface area contributed by atoms with Crippen LogP contribution in [0.3, 0.4) is 0 Å². The van der Waals surface area contributed by atoms with Gasteiger partial charge in [-0.25, -0.2) is 14.6 Å². The van der Waals surface area contributed by atoms with Crippen LogP contribution in [0.25, 0.3) is 33.4 Å². The van der Waals surface area contributed by atoms with E-state index in [1.54, 1.807) is 0 Å². The predicted octanol–water partition coefficient (Wildman–Crippen LogP) is 0.682. The van der Waals surface area contributed by atoms with Gasteiger partial charge in [-0.2, -0.15) is 5.21 Å². The fourth-order valence-corrected chi connectivity index (χ4v) is 2.57. The van der Waals surface area contributed by atoms with Crippen molar-refractivity contribution in [3.63, 3.8) is 0 Å². The zero-order valence-electron chi connectivity index (χ0n) is 11.0. The minimum Gasteiger partial charge on any atom is -0.316 e. The molecule has 0 aliphatic heterocycles. The first-order valence-electron chi connectivity index (χ1n) is 6.50. The van der Waals surface area contributed by atoms with Crippen molar-refractivity contribution in [2.75, 3.05) is 0 Å². The molecule has 0 radical (unpaired) electrons. The van der Waals surface area contributed by atoms with Crippen LogP contribution in [-0.2, 0) is 6.54 Å². The lowest BCUT2D eigenvalue weighted by atomic mass is 10.2. The first-order valence-corrected chi connectivity index (χ1v) is 6.50. The number of para-hydroxylation sites is 1. The molecule has 0 aliphatic rings. The molecule has 5 rings (SSSR count). The molecule has 0 spiro atoms. The lowest BCUT2D eigenvalue weighted by Gasteiger charge is -2.02. The van der Waals surface area contributed by atoms with Gasteiger partial charge in [0.2, 0.25) is 11.3 Å². The fraction of sp³-hybridized carbons (Fsp3) is 0.0833. The third kappa shape index (κ3) is 1.45. The maximum absolute atomic E-state index is 4.69. The van der Waals surface area contributed by atoms with Crippen LogP contribution in [0.5, 0.6) is 0 Å². The van der Waals surface area contributed by atoms with Crippen molar-refractivity contribution >= 4 is 33.4 Å². The average molecular weight is 293 g/mol. The molecule has 1 aromatic carbocycles. The van der Waals surface area contributed by atoms with Crippen LogP contribution in [0.15, 0.2) is 28.9 Å². The lowest BCUT2D eigenvalue weighted by molar-refractivity contribution is 0.314. The number of fused-ring (bicyclic) bond motifs is 4. The normalized spacial score (nSPS) is 11.8. The smallest absolute Gasteiger partial charge is 0.245 e. The van der Waals surface area contributed by atoms with Crippen LogP contribution in [0.1, 0.15) is 5.82 Å². The summed E-state index contributed by atoms with van der Waals surface area (Å²) in [6.07, 6.45) is 0. The zero-order valence-corrected chi connectivity index (χ0v) is 11.0. The highest BCUT2D eigenvalue weighted by Crippen LogP contribution is 2.27. The van der Waals surface area contributed by atoms with Crippen molar-refractivity contribution in [2.45, 2.75) is 6.54 Å². The number of nitrogens with zero attached hydrogens (tertiary/aromatic N) is 8. The summed E-state index contributed by atoms with van der Waals surface area (Å²) >= 11 is 0. The molecule has 106 valence electrons. The van der Waals surface area contributed by atoms with E-state index in [1.807, 2.05) is 28.8 Å². The van der Waals surface area contributed by atoms with Gasteiger partial charge in [0.1, 0.15) is 5.52 Å². The first kappa shape index (κ1) is 11.3. The molecule has 0 amide bonds. The highest BCUT2D eigenvalue weighted by molar-refractivity contribution is 6.05. The highest BCUT2D eigenvalue weighted by atomic mass is 16.6. The highest BCUT2D eigenvalue weighted by Gasteiger charge is 2.17. The molecule has 5 aromatic rings. The predicted molar refractivity (Wildman–Crippen MR) is 73.7 cm³/mol. The minimum absolute atomic E-state index is 0.365. The van der Waals surface area contributed by atoms with E-state index in [-0.39, 0.29) is 0 Å². The van der Waals surface area contributed by atoms with Gasteiger partial charge in [0.25, 0.3) is 0 Å². The van der Waals surface area contributed by atoms with Crippen LogP contribution in [0, 0.1) is 0 Å². The lowest BCUT2D eigenvalue weighted by Crippen LogP contribution is -2.03. The summed E-state index contributed by atoms with van der Waals surface area (Å²) in [7, 11) is 0. The van der Waals surface area contributed by atoms with Crippen LogP contribution in [0.2, 0.25) is 0 Å². The van der Waals surface area contributed by atoms with E-state index in [9.17, 15) is 0 Å².